The number of rotatable bonds is 7. The fourth-order valence-corrected chi connectivity index (χ4v) is 2.86. The Hall–Kier alpha value is -1.59. The molecule has 1 fully saturated rings. The van der Waals surface area contributed by atoms with Crippen molar-refractivity contribution in [3.05, 3.63) is 29.8 Å². The lowest BCUT2D eigenvalue weighted by Crippen LogP contribution is -2.49. The molecule has 5 nitrogen and oxygen atoms in total. The first kappa shape index (κ1) is 17.8. The van der Waals surface area contributed by atoms with Crippen molar-refractivity contribution in [2.24, 2.45) is 0 Å². The molecule has 1 aliphatic heterocycles. The molecule has 0 bridgehead atoms. The molecule has 0 saturated carbocycles. The lowest BCUT2D eigenvalue weighted by molar-refractivity contribution is -0.132. The van der Waals surface area contributed by atoms with Gasteiger partial charge >= 0.3 is 0 Å². The maximum Gasteiger partial charge on any atom is 0.227 e. The second kappa shape index (κ2) is 8.89. The molecule has 0 unspecified atom stereocenters. The lowest BCUT2D eigenvalue weighted by Gasteiger charge is -2.35. The summed E-state index contributed by atoms with van der Waals surface area (Å²) in [5, 5.41) is 0. The van der Waals surface area contributed by atoms with Gasteiger partial charge in [0.25, 0.3) is 0 Å². The summed E-state index contributed by atoms with van der Waals surface area (Å²) in [5.41, 5.74) is 1.05. The molecule has 0 aromatic heterocycles. The zero-order valence-electron chi connectivity index (χ0n) is 14.6. The van der Waals surface area contributed by atoms with Crippen LogP contribution in [0.2, 0.25) is 0 Å². The maximum atomic E-state index is 12.4. The third kappa shape index (κ3) is 5.84. The molecular formula is C18H29N3O2. The summed E-state index contributed by atoms with van der Waals surface area (Å²) in [5.74, 6) is 1.05. The van der Waals surface area contributed by atoms with Gasteiger partial charge in [0.1, 0.15) is 5.75 Å². The average molecular weight is 319 g/mol. The van der Waals surface area contributed by atoms with Gasteiger partial charge in [-0.1, -0.05) is 12.1 Å². The summed E-state index contributed by atoms with van der Waals surface area (Å²) in [4.78, 5) is 19.1. The number of nitrogens with zero attached hydrogens (tertiary/aromatic N) is 3. The third-order valence-electron chi connectivity index (χ3n) is 4.32. The second-order valence-corrected chi connectivity index (χ2v) is 6.40. The number of ether oxygens (including phenoxy) is 1. The molecule has 1 saturated heterocycles. The Balaban J connectivity index is 1.72. The average Bonchev–Trinajstić information content (AvgIpc) is 2.56. The van der Waals surface area contributed by atoms with Crippen molar-refractivity contribution in [1.29, 1.82) is 0 Å². The monoisotopic (exact) mass is 319 g/mol. The molecule has 1 aromatic carbocycles. The van der Waals surface area contributed by atoms with E-state index in [-0.39, 0.29) is 5.91 Å². The Bertz CT molecular complexity index is 480. The Labute approximate surface area is 139 Å². The van der Waals surface area contributed by atoms with Crippen LogP contribution in [-0.2, 0) is 11.2 Å². The van der Waals surface area contributed by atoms with Crippen LogP contribution < -0.4 is 4.74 Å². The number of hydrogen-bond donors (Lipinski definition) is 0. The quantitative estimate of drug-likeness (QED) is 0.760. The lowest BCUT2D eigenvalue weighted by atomic mass is 10.1. The second-order valence-electron chi connectivity index (χ2n) is 6.40. The van der Waals surface area contributed by atoms with Crippen molar-refractivity contribution >= 4 is 5.91 Å². The predicted octanol–water partition coefficient (Wildman–Crippen LogP) is 1.33. The van der Waals surface area contributed by atoms with Crippen molar-refractivity contribution in [3.8, 4) is 5.75 Å². The highest BCUT2D eigenvalue weighted by molar-refractivity contribution is 5.78. The zero-order chi connectivity index (χ0) is 16.7. The minimum Gasteiger partial charge on any atom is -0.497 e. The summed E-state index contributed by atoms with van der Waals surface area (Å²) in [6.07, 6.45) is 1.66. The number of carbonyl (C=O) groups excluding carboxylic acids is 1. The van der Waals surface area contributed by atoms with E-state index in [9.17, 15) is 4.79 Å². The van der Waals surface area contributed by atoms with Crippen molar-refractivity contribution < 1.29 is 9.53 Å². The molecule has 0 atom stereocenters. The number of benzene rings is 1. The van der Waals surface area contributed by atoms with Gasteiger partial charge in [-0.25, -0.2) is 0 Å². The van der Waals surface area contributed by atoms with Gasteiger partial charge < -0.3 is 14.5 Å². The number of hydrogen-bond acceptors (Lipinski definition) is 4. The molecular weight excluding hydrogens is 290 g/mol. The highest BCUT2D eigenvalue weighted by Gasteiger charge is 2.20. The van der Waals surface area contributed by atoms with Crippen LogP contribution in [0.4, 0.5) is 0 Å². The van der Waals surface area contributed by atoms with Gasteiger partial charge in [-0.3, -0.25) is 9.69 Å². The third-order valence-corrected chi connectivity index (χ3v) is 4.32. The summed E-state index contributed by atoms with van der Waals surface area (Å²) >= 11 is 0. The van der Waals surface area contributed by atoms with Gasteiger partial charge in [-0.05, 0) is 51.3 Å². The topological polar surface area (TPSA) is 36.0 Å². The smallest absolute Gasteiger partial charge is 0.227 e. The fourth-order valence-electron chi connectivity index (χ4n) is 2.86. The van der Waals surface area contributed by atoms with Crippen molar-refractivity contribution in [2.45, 2.75) is 12.8 Å². The van der Waals surface area contributed by atoms with Crippen LogP contribution in [0.5, 0.6) is 5.75 Å². The first-order valence-corrected chi connectivity index (χ1v) is 8.36. The van der Waals surface area contributed by atoms with Crippen LogP contribution in [0.15, 0.2) is 24.3 Å². The van der Waals surface area contributed by atoms with Gasteiger partial charge in [0, 0.05) is 26.2 Å². The molecule has 1 aromatic rings. The molecule has 5 heteroatoms. The minimum absolute atomic E-state index is 0.225. The summed E-state index contributed by atoms with van der Waals surface area (Å²) in [6, 6.07) is 7.75. The summed E-state index contributed by atoms with van der Waals surface area (Å²) in [6.45, 7) is 5.91. The van der Waals surface area contributed by atoms with E-state index < -0.39 is 0 Å². The van der Waals surface area contributed by atoms with E-state index >= 15 is 0 Å². The number of piperazine rings is 1. The van der Waals surface area contributed by atoms with Crippen molar-refractivity contribution in [3.63, 3.8) is 0 Å². The molecule has 128 valence electrons. The Morgan fingerprint density at radius 3 is 2.35 bits per heavy atom. The molecule has 1 aliphatic rings. The van der Waals surface area contributed by atoms with Gasteiger partial charge in [-0.2, -0.15) is 0 Å². The Morgan fingerprint density at radius 1 is 1.13 bits per heavy atom. The molecule has 0 aliphatic carbocycles. The van der Waals surface area contributed by atoms with Crippen LogP contribution in [-0.4, -0.2) is 81.1 Å². The van der Waals surface area contributed by atoms with E-state index in [1.807, 2.05) is 29.2 Å². The van der Waals surface area contributed by atoms with Crippen molar-refractivity contribution in [1.82, 2.24) is 14.7 Å². The van der Waals surface area contributed by atoms with Gasteiger partial charge in [0.15, 0.2) is 0 Å². The van der Waals surface area contributed by atoms with Crippen molar-refractivity contribution in [2.75, 3.05) is 60.5 Å². The highest BCUT2D eigenvalue weighted by Crippen LogP contribution is 2.13. The predicted molar refractivity (Wildman–Crippen MR) is 92.9 cm³/mol. The normalized spacial score (nSPS) is 15.9. The van der Waals surface area contributed by atoms with Crippen LogP contribution in [0.25, 0.3) is 0 Å². The van der Waals surface area contributed by atoms with Gasteiger partial charge in [-0.15, -0.1) is 0 Å². The van der Waals surface area contributed by atoms with E-state index in [4.69, 9.17) is 4.74 Å². The van der Waals surface area contributed by atoms with E-state index in [1.54, 1.807) is 7.11 Å². The van der Waals surface area contributed by atoms with E-state index in [0.717, 1.165) is 50.6 Å². The van der Waals surface area contributed by atoms with Crippen LogP contribution in [0, 0.1) is 0 Å². The van der Waals surface area contributed by atoms with Crippen LogP contribution in [0.3, 0.4) is 0 Å². The molecule has 1 amide bonds. The zero-order valence-corrected chi connectivity index (χ0v) is 14.6. The minimum atomic E-state index is 0.225. The number of amides is 1. The molecule has 0 radical (unpaired) electrons. The summed E-state index contributed by atoms with van der Waals surface area (Å²) < 4.78 is 5.15. The molecule has 0 spiro atoms. The standard InChI is InChI=1S/C18H29N3O2/c1-19(2)9-4-10-20-11-13-21(14-12-20)18(22)15-16-5-7-17(23-3)8-6-16/h5-8H,4,9-15H2,1-3H3. The van der Waals surface area contributed by atoms with Crippen LogP contribution >= 0.6 is 0 Å². The first-order chi connectivity index (χ1) is 11.1. The molecule has 0 N–H and O–H groups in total. The fraction of sp³-hybridized carbons (Fsp3) is 0.611. The van der Waals surface area contributed by atoms with Gasteiger partial charge in [0.2, 0.25) is 5.91 Å². The maximum absolute atomic E-state index is 12.4. The molecule has 2 rings (SSSR count). The van der Waals surface area contributed by atoms with E-state index in [0.29, 0.717) is 6.42 Å². The Kier molecular flexibility index (Phi) is 6.86. The van der Waals surface area contributed by atoms with E-state index in [2.05, 4.69) is 23.9 Å². The SMILES string of the molecule is COc1ccc(CC(=O)N2CCN(CCCN(C)C)CC2)cc1. The molecule has 1 heterocycles. The van der Waals surface area contributed by atoms with E-state index in [1.165, 1.54) is 6.42 Å². The summed E-state index contributed by atoms with van der Waals surface area (Å²) in [7, 11) is 5.86. The number of carbonyl (C=O) groups is 1. The Morgan fingerprint density at radius 2 is 1.78 bits per heavy atom. The highest BCUT2D eigenvalue weighted by atomic mass is 16.5. The first-order valence-electron chi connectivity index (χ1n) is 8.36. The largest absolute Gasteiger partial charge is 0.497 e. The van der Waals surface area contributed by atoms with Crippen LogP contribution in [0.1, 0.15) is 12.0 Å². The van der Waals surface area contributed by atoms with Gasteiger partial charge in [0.05, 0.1) is 13.5 Å². The number of methoxy groups -OCH3 is 1. The molecule has 23 heavy (non-hydrogen) atoms.